The highest BCUT2D eigenvalue weighted by molar-refractivity contribution is 7.90. The second-order valence-electron chi connectivity index (χ2n) is 11.8. The highest BCUT2D eigenvalue weighted by Gasteiger charge is 2.41. The van der Waals surface area contributed by atoms with E-state index in [1.54, 1.807) is 26.3 Å². The van der Waals surface area contributed by atoms with Crippen LogP contribution in [0.15, 0.2) is 36.7 Å². The minimum atomic E-state index is -3.02. The van der Waals surface area contributed by atoms with Crippen molar-refractivity contribution in [1.82, 2.24) is 15.0 Å². The number of sulfone groups is 1. The van der Waals surface area contributed by atoms with Crippen LogP contribution in [0.1, 0.15) is 45.6 Å². The van der Waals surface area contributed by atoms with Gasteiger partial charge in [-0.3, -0.25) is 0 Å². The molecule has 4 heterocycles. The predicted octanol–water partition coefficient (Wildman–Crippen LogP) is 4.71. The third kappa shape index (κ3) is 5.72. The van der Waals surface area contributed by atoms with E-state index < -0.39 is 21.6 Å². The lowest BCUT2D eigenvalue weighted by Crippen LogP contribution is -2.57. The Kier molecular flexibility index (Phi) is 7.64. The molecular formula is C29H39FN6O3S. The molecule has 9 nitrogen and oxygen atoms in total. The van der Waals surface area contributed by atoms with E-state index in [4.69, 9.17) is 9.72 Å². The Balaban J connectivity index is 1.40. The lowest BCUT2D eigenvalue weighted by molar-refractivity contribution is -0.0381. The van der Waals surface area contributed by atoms with Crippen molar-refractivity contribution in [3.05, 3.63) is 42.2 Å². The number of pyridine rings is 1. The molecule has 2 aliphatic heterocycles. The van der Waals surface area contributed by atoms with Gasteiger partial charge in [0.05, 0.1) is 18.4 Å². The number of piperidine rings is 1. The predicted molar refractivity (Wildman–Crippen MR) is 158 cm³/mol. The molecule has 0 saturated carbocycles. The smallest absolute Gasteiger partial charge is 0.227 e. The zero-order valence-electron chi connectivity index (χ0n) is 24.1. The van der Waals surface area contributed by atoms with Gasteiger partial charge in [-0.1, -0.05) is 19.9 Å². The van der Waals surface area contributed by atoms with Gasteiger partial charge in [0.2, 0.25) is 5.95 Å². The van der Waals surface area contributed by atoms with Gasteiger partial charge in [-0.25, -0.2) is 22.8 Å². The highest BCUT2D eigenvalue weighted by Crippen LogP contribution is 2.39. The number of hydrogen-bond donors (Lipinski definition) is 1. The molecule has 2 fully saturated rings. The van der Waals surface area contributed by atoms with Crippen molar-refractivity contribution in [3.8, 4) is 0 Å². The molecule has 0 radical (unpaired) electrons. The number of fused-ring (bicyclic) bond motifs is 1. The number of rotatable bonds is 8. The van der Waals surface area contributed by atoms with Crippen LogP contribution in [-0.4, -0.2) is 79.9 Å². The highest BCUT2D eigenvalue weighted by atomic mass is 32.2. The first-order chi connectivity index (χ1) is 18.9. The number of benzene rings is 1. The molecule has 216 valence electrons. The number of anilines is 4. The Labute approximate surface area is 236 Å². The van der Waals surface area contributed by atoms with Gasteiger partial charge in [0.15, 0.2) is 5.67 Å². The molecule has 5 rings (SSSR count). The van der Waals surface area contributed by atoms with E-state index in [-0.39, 0.29) is 24.3 Å². The lowest BCUT2D eigenvalue weighted by atomic mass is 9.88. The Hall–Kier alpha value is -3.05. The molecule has 2 aliphatic rings. The van der Waals surface area contributed by atoms with Crippen LogP contribution in [0, 0.1) is 5.92 Å². The summed E-state index contributed by atoms with van der Waals surface area (Å²) in [5.41, 5.74) is 0.772. The van der Waals surface area contributed by atoms with Gasteiger partial charge in [0.25, 0.3) is 0 Å². The van der Waals surface area contributed by atoms with Crippen molar-refractivity contribution in [2.45, 2.75) is 57.8 Å². The van der Waals surface area contributed by atoms with Crippen molar-refractivity contribution in [1.29, 1.82) is 0 Å². The first-order valence-corrected chi connectivity index (χ1v) is 15.9. The topological polar surface area (TPSA) is 101 Å². The summed E-state index contributed by atoms with van der Waals surface area (Å²) < 4.78 is 44.1. The van der Waals surface area contributed by atoms with Crippen LogP contribution in [-0.2, 0) is 14.6 Å². The monoisotopic (exact) mass is 570 g/mol. The first-order valence-electron chi connectivity index (χ1n) is 13.8. The van der Waals surface area contributed by atoms with E-state index >= 15 is 4.39 Å². The molecule has 1 aromatic carbocycles. The normalized spacial score (nSPS) is 25.4. The largest absolute Gasteiger partial charge is 0.378 e. The van der Waals surface area contributed by atoms with Crippen LogP contribution in [0.3, 0.4) is 0 Å². The van der Waals surface area contributed by atoms with Gasteiger partial charge in [0.1, 0.15) is 21.5 Å². The molecule has 0 bridgehead atoms. The molecule has 0 unspecified atom stereocenters. The standard InChI is InChI=1S/C29H39FN6O3S/c1-18(2)21-7-8-24(36-15-20(19(36)3)16-40(6,37)38)23-14-32-27(13-22(21)23)33-26-9-11-31-28(34-26)35-12-10-25(39-5)29(4,30)17-35/h7-9,11,13-14,18-20,25H,10,12,15-17H2,1-6H3,(H,31,32,33,34)/t19-,20-,25-,29+/m1/s1. The van der Waals surface area contributed by atoms with E-state index in [2.05, 4.69) is 53.1 Å². The fourth-order valence-electron chi connectivity index (χ4n) is 6.02. The van der Waals surface area contributed by atoms with Gasteiger partial charge >= 0.3 is 0 Å². The van der Waals surface area contributed by atoms with Gasteiger partial charge < -0.3 is 19.9 Å². The second-order valence-corrected chi connectivity index (χ2v) is 14.0. The Morgan fingerprint density at radius 2 is 1.98 bits per heavy atom. The molecule has 0 aliphatic carbocycles. The van der Waals surface area contributed by atoms with Gasteiger partial charge in [-0.2, -0.15) is 4.98 Å². The zero-order chi connectivity index (χ0) is 28.8. The van der Waals surface area contributed by atoms with E-state index in [1.807, 2.05) is 17.2 Å². The quantitative estimate of drug-likeness (QED) is 0.413. The Morgan fingerprint density at radius 1 is 1.20 bits per heavy atom. The number of methoxy groups -OCH3 is 1. The second kappa shape index (κ2) is 10.7. The third-order valence-corrected chi connectivity index (χ3v) is 9.30. The number of nitrogens with one attached hydrogen (secondary N) is 1. The van der Waals surface area contributed by atoms with Crippen LogP contribution in [0.25, 0.3) is 10.8 Å². The summed E-state index contributed by atoms with van der Waals surface area (Å²) in [5.74, 6) is 2.31. The molecular weight excluding hydrogens is 531 g/mol. The Morgan fingerprint density at radius 3 is 2.62 bits per heavy atom. The van der Waals surface area contributed by atoms with Gasteiger partial charge in [0, 0.05) is 61.9 Å². The van der Waals surface area contributed by atoms with Crippen LogP contribution in [0.2, 0.25) is 0 Å². The van der Waals surface area contributed by atoms with Gasteiger partial charge in [-0.05, 0) is 55.3 Å². The van der Waals surface area contributed by atoms with E-state index in [0.717, 1.165) is 16.5 Å². The van der Waals surface area contributed by atoms with Crippen molar-refractivity contribution in [3.63, 3.8) is 0 Å². The number of ether oxygens (including phenoxy) is 1. The first kappa shape index (κ1) is 28.5. The average Bonchev–Trinajstić information content (AvgIpc) is 2.89. The minimum Gasteiger partial charge on any atom is -0.378 e. The summed E-state index contributed by atoms with van der Waals surface area (Å²) in [7, 11) is -1.48. The van der Waals surface area contributed by atoms with Crippen LogP contribution in [0.5, 0.6) is 0 Å². The zero-order valence-corrected chi connectivity index (χ0v) is 24.9. The summed E-state index contributed by atoms with van der Waals surface area (Å²) in [6.45, 7) is 9.44. The number of hydrogen-bond acceptors (Lipinski definition) is 9. The van der Waals surface area contributed by atoms with Crippen LogP contribution >= 0.6 is 0 Å². The summed E-state index contributed by atoms with van der Waals surface area (Å²) in [6.07, 6.45) is 4.95. The molecule has 0 amide bonds. The molecule has 40 heavy (non-hydrogen) atoms. The SMILES string of the molecule is CO[C@@H]1CCN(c2nccc(Nc3cc4c(C(C)C)ccc(N5C[C@H](CS(C)(=O)=O)[C@H]5C)c4cn3)n2)C[C@]1(C)F. The average molecular weight is 571 g/mol. The number of halogens is 1. The van der Waals surface area contributed by atoms with Crippen molar-refractivity contribution >= 4 is 43.9 Å². The summed E-state index contributed by atoms with van der Waals surface area (Å²) >= 11 is 0. The summed E-state index contributed by atoms with van der Waals surface area (Å²) in [5, 5.41) is 5.44. The van der Waals surface area contributed by atoms with Crippen molar-refractivity contribution in [2.24, 2.45) is 5.92 Å². The lowest BCUT2D eigenvalue weighted by Gasteiger charge is -2.48. The third-order valence-electron chi connectivity index (χ3n) is 8.26. The number of nitrogens with zero attached hydrogens (tertiary/aromatic N) is 5. The molecule has 2 saturated heterocycles. The number of alkyl halides is 1. The van der Waals surface area contributed by atoms with Crippen LogP contribution < -0.4 is 15.1 Å². The summed E-state index contributed by atoms with van der Waals surface area (Å²) in [6, 6.07) is 8.22. The molecule has 4 atom stereocenters. The van der Waals surface area contributed by atoms with Crippen LogP contribution in [0.4, 0.5) is 27.7 Å². The fourth-order valence-corrected chi connectivity index (χ4v) is 7.18. The van der Waals surface area contributed by atoms with E-state index in [0.29, 0.717) is 43.0 Å². The minimum absolute atomic E-state index is 0.117. The maximum Gasteiger partial charge on any atom is 0.227 e. The Bertz CT molecular complexity index is 1500. The molecule has 1 N–H and O–H groups in total. The molecule has 2 aromatic heterocycles. The molecule has 0 spiro atoms. The maximum absolute atomic E-state index is 15.1. The molecule has 3 aromatic rings. The van der Waals surface area contributed by atoms with Gasteiger partial charge in [-0.15, -0.1) is 0 Å². The number of aromatic nitrogens is 3. The summed E-state index contributed by atoms with van der Waals surface area (Å²) in [4.78, 5) is 17.9. The van der Waals surface area contributed by atoms with Crippen molar-refractivity contribution < 1.29 is 17.5 Å². The fraction of sp³-hybridized carbons (Fsp3) is 0.552. The van der Waals surface area contributed by atoms with E-state index in [9.17, 15) is 8.42 Å². The van der Waals surface area contributed by atoms with Crippen molar-refractivity contribution in [2.75, 3.05) is 53.9 Å². The van der Waals surface area contributed by atoms with E-state index in [1.165, 1.54) is 11.8 Å². The maximum atomic E-state index is 15.1. The molecule has 11 heteroatoms.